The number of hydrogen-bond donors (Lipinski definition) is 0. The largest absolute Gasteiger partial charge is 0.407 e. The highest BCUT2D eigenvalue weighted by Gasteiger charge is 2.49. The first-order chi connectivity index (χ1) is 12.4. The fourth-order valence-electron chi connectivity index (χ4n) is 3.99. The van der Waals surface area contributed by atoms with Gasteiger partial charge in [-0.05, 0) is 48.0 Å². The Morgan fingerprint density at radius 2 is 1.38 bits per heavy atom. The zero-order valence-electron chi connectivity index (χ0n) is 16.7. The molecule has 3 rings (SSSR count). The average molecular weight is 365 g/mol. The molecule has 0 heterocycles. The third-order valence-corrected chi connectivity index (χ3v) is 10.6. The van der Waals surface area contributed by atoms with Crippen LogP contribution in [0, 0.1) is 0 Å². The van der Waals surface area contributed by atoms with Gasteiger partial charge in [-0.15, -0.1) is 0 Å². The summed E-state index contributed by atoms with van der Waals surface area (Å²) in [6.07, 6.45) is 4.93. The average Bonchev–Trinajstić information content (AvgIpc) is 3.47. The SMILES string of the molecule is CC(CCCO[Si](c1ccccc1)(c1ccccc1)C(C)(C)C)=C1CC1. The summed E-state index contributed by atoms with van der Waals surface area (Å²) in [7, 11) is -2.35. The number of hydrogen-bond acceptors (Lipinski definition) is 1. The van der Waals surface area contributed by atoms with E-state index < -0.39 is 8.32 Å². The molecule has 138 valence electrons. The van der Waals surface area contributed by atoms with Gasteiger partial charge in [0.1, 0.15) is 0 Å². The molecule has 0 atom stereocenters. The van der Waals surface area contributed by atoms with Crippen molar-refractivity contribution in [3.8, 4) is 0 Å². The van der Waals surface area contributed by atoms with Gasteiger partial charge in [0.2, 0.25) is 0 Å². The van der Waals surface area contributed by atoms with Crippen molar-refractivity contribution in [1.82, 2.24) is 0 Å². The van der Waals surface area contributed by atoms with Crippen molar-refractivity contribution < 1.29 is 4.43 Å². The van der Waals surface area contributed by atoms with Gasteiger partial charge in [0.15, 0.2) is 0 Å². The summed E-state index contributed by atoms with van der Waals surface area (Å²) in [5, 5.41) is 2.81. The number of rotatable bonds is 7. The molecule has 0 radical (unpaired) electrons. The molecule has 2 heteroatoms. The van der Waals surface area contributed by atoms with Gasteiger partial charge < -0.3 is 4.43 Å². The van der Waals surface area contributed by atoms with Crippen molar-refractivity contribution in [2.45, 2.75) is 58.4 Å². The van der Waals surface area contributed by atoms with Crippen LogP contribution in [0.5, 0.6) is 0 Å². The van der Waals surface area contributed by atoms with E-state index in [9.17, 15) is 0 Å². The van der Waals surface area contributed by atoms with Gasteiger partial charge in [0.25, 0.3) is 8.32 Å². The second-order valence-electron chi connectivity index (χ2n) is 8.50. The van der Waals surface area contributed by atoms with E-state index >= 15 is 0 Å². The molecule has 1 saturated carbocycles. The third-order valence-electron chi connectivity index (χ3n) is 5.54. The second-order valence-corrected chi connectivity index (χ2v) is 12.8. The quantitative estimate of drug-likeness (QED) is 0.360. The fraction of sp³-hybridized carbons (Fsp3) is 0.417. The van der Waals surface area contributed by atoms with Crippen LogP contribution in [0.1, 0.15) is 53.4 Å². The van der Waals surface area contributed by atoms with Crippen LogP contribution >= 0.6 is 0 Å². The topological polar surface area (TPSA) is 9.23 Å². The summed E-state index contributed by atoms with van der Waals surface area (Å²) < 4.78 is 6.93. The molecule has 1 nitrogen and oxygen atoms in total. The molecule has 2 aromatic rings. The van der Waals surface area contributed by atoms with Gasteiger partial charge in [0, 0.05) is 6.61 Å². The van der Waals surface area contributed by atoms with Crippen molar-refractivity contribution >= 4 is 18.7 Å². The Labute approximate surface area is 160 Å². The normalized spacial score (nSPS) is 14.4. The first kappa shape index (κ1) is 19.1. The molecule has 1 aliphatic rings. The van der Waals surface area contributed by atoms with Crippen LogP contribution < -0.4 is 10.4 Å². The van der Waals surface area contributed by atoms with E-state index in [-0.39, 0.29) is 5.04 Å². The smallest absolute Gasteiger partial charge is 0.261 e. The molecular weight excluding hydrogens is 332 g/mol. The maximum absolute atomic E-state index is 6.93. The minimum Gasteiger partial charge on any atom is -0.407 e. The molecule has 0 aliphatic heterocycles. The van der Waals surface area contributed by atoms with E-state index in [0.717, 1.165) is 13.0 Å². The molecule has 1 aliphatic carbocycles. The molecule has 1 fully saturated rings. The monoisotopic (exact) mass is 364 g/mol. The summed E-state index contributed by atoms with van der Waals surface area (Å²) >= 11 is 0. The highest BCUT2D eigenvalue weighted by atomic mass is 28.4. The molecule has 0 bridgehead atoms. The Morgan fingerprint density at radius 3 is 1.81 bits per heavy atom. The van der Waals surface area contributed by atoms with Crippen molar-refractivity contribution in [2.75, 3.05) is 6.61 Å². The lowest BCUT2D eigenvalue weighted by Crippen LogP contribution is -2.66. The Kier molecular flexibility index (Phi) is 5.84. The standard InChI is InChI=1S/C24H32OSi/c1-20(21-17-18-21)12-11-19-25-26(24(2,3)4,22-13-7-5-8-14-22)23-15-9-6-10-16-23/h5-10,13-16H,11-12,17-19H2,1-4H3. The first-order valence-electron chi connectivity index (χ1n) is 9.87. The van der Waals surface area contributed by atoms with Crippen molar-refractivity contribution in [1.29, 1.82) is 0 Å². The van der Waals surface area contributed by atoms with Gasteiger partial charge in [-0.2, -0.15) is 0 Å². The molecule has 0 spiro atoms. The lowest BCUT2D eigenvalue weighted by atomic mass is 10.1. The zero-order chi connectivity index (χ0) is 18.6. The van der Waals surface area contributed by atoms with Gasteiger partial charge in [0.05, 0.1) is 0 Å². The number of allylic oxidation sites excluding steroid dienone is 2. The van der Waals surface area contributed by atoms with Crippen LogP contribution in [-0.2, 0) is 4.43 Å². The summed E-state index contributed by atoms with van der Waals surface area (Å²) in [5.74, 6) is 0. The highest BCUT2D eigenvalue weighted by molar-refractivity contribution is 6.99. The van der Waals surface area contributed by atoms with E-state index in [1.165, 1.54) is 29.6 Å². The predicted octanol–water partition coefficient (Wildman–Crippen LogP) is 5.45. The summed E-state index contributed by atoms with van der Waals surface area (Å²) in [4.78, 5) is 0. The van der Waals surface area contributed by atoms with E-state index in [0.29, 0.717) is 0 Å². The van der Waals surface area contributed by atoms with Crippen LogP contribution in [0.3, 0.4) is 0 Å². The maximum Gasteiger partial charge on any atom is 0.261 e. The van der Waals surface area contributed by atoms with Crippen molar-refractivity contribution in [2.24, 2.45) is 0 Å². The molecule has 0 N–H and O–H groups in total. The molecule has 0 saturated heterocycles. The molecule has 2 aromatic carbocycles. The first-order valence-corrected chi connectivity index (χ1v) is 11.8. The van der Waals surface area contributed by atoms with Crippen LogP contribution in [0.25, 0.3) is 0 Å². The maximum atomic E-state index is 6.93. The lowest BCUT2D eigenvalue weighted by Gasteiger charge is -2.43. The molecular formula is C24H32OSi. The predicted molar refractivity (Wildman–Crippen MR) is 115 cm³/mol. The van der Waals surface area contributed by atoms with E-state index in [4.69, 9.17) is 4.43 Å². The molecule has 0 aromatic heterocycles. The van der Waals surface area contributed by atoms with Gasteiger partial charge in [-0.1, -0.05) is 92.6 Å². The van der Waals surface area contributed by atoms with E-state index in [1.54, 1.807) is 11.1 Å². The van der Waals surface area contributed by atoms with Crippen LogP contribution in [0.4, 0.5) is 0 Å². The van der Waals surface area contributed by atoms with E-state index in [1.807, 2.05) is 0 Å². The third kappa shape index (κ3) is 4.02. The zero-order valence-corrected chi connectivity index (χ0v) is 17.7. The Bertz CT molecular complexity index is 695. The Hall–Kier alpha value is -1.64. The second kappa shape index (κ2) is 7.94. The summed E-state index contributed by atoms with van der Waals surface area (Å²) in [5.41, 5.74) is 3.27. The minimum atomic E-state index is -2.35. The van der Waals surface area contributed by atoms with Gasteiger partial charge >= 0.3 is 0 Å². The molecule has 0 unspecified atom stereocenters. The van der Waals surface area contributed by atoms with Gasteiger partial charge in [-0.25, -0.2) is 0 Å². The van der Waals surface area contributed by atoms with Crippen LogP contribution in [0.15, 0.2) is 71.8 Å². The van der Waals surface area contributed by atoms with Crippen molar-refractivity contribution in [3.63, 3.8) is 0 Å². The molecule has 0 amide bonds. The summed E-state index contributed by atoms with van der Waals surface area (Å²) in [6.45, 7) is 10.2. The van der Waals surface area contributed by atoms with Crippen LogP contribution in [0.2, 0.25) is 5.04 Å². The van der Waals surface area contributed by atoms with Crippen molar-refractivity contribution in [3.05, 3.63) is 71.8 Å². The number of benzene rings is 2. The highest BCUT2D eigenvalue weighted by Crippen LogP contribution is 2.37. The summed E-state index contributed by atoms with van der Waals surface area (Å²) in [6, 6.07) is 21.9. The Balaban J connectivity index is 1.91. The van der Waals surface area contributed by atoms with E-state index in [2.05, 4.69) is 88.4 Å². The Morgan fingerprint density at radius 1 is 0.885 bits per heavy atom. The molecule has 26 heavy (non-hydrogen) atoms. The minimum absolute atomic E-state index is 0.0692. The fourth-order valence-corrected chi connectivity index (χ4v) is 8.60. The van der Waals surface area contributed by atoms with Gasteiger partial charge in [-0.3, -0.25) is 0 Å². The van der Waals surface area contributed by atoms with Crippen LogP contribution in [-0.4, -0.2) is 14.9 Å². The lowest BCUT2D eigenvalue weighted by molar-refractivity contribution is 0.292.